The molecule has 0 saturated heterocycles. The van der Waals surface area contributed by atoms with Crippen LogP contribution in [-0.4, -0.2) is 28.8 Å². The van der Waals surface area contributed by atoms with Gasteiger partial charge in [0.2, 0.25) is 5.28 Å². The Balaban J connectivity index is 1.93. The third-order valence-corrected chi connectivity index (χ3v) is 4.46. The van der Waals surface area contributed by atoms with Crippen molar-refractivity contribution in [2.24, 2.45) is 5.41 Å². The van der Waals surface area contributed by atoms with Gasteiger partial charge in [0.1, 0.15) is 5.03 Å². The van der Waals surface area contributed by atoms with E-state index in [0.717, 1.165) is 29.3 Å². The summed E-state index contributed by atoms with van der Waals surface area (Å²) in [7, 11) is 1.43. The zero-order valence-corrected chi connectivity index (χ0v) is 12.0. The van der Waals surface area contributed by atoms with E-state index in [1.165, 1.54) is 7.11 Å². The van der Waals surface area contributed by atoms with Crippen LogP contribution in [-0.2, 0) is 9.53 Å². The fourth-order valence-corrected chi connectivity index (χ4v) is 3.26. The van der Waals surface area contributed by atoms with Crippen LogP contribution >= 0.6 is 23.4 Å². The van der Waals surface area contributed by atoms with Gasteiger partial charge in [-0.05, 0) is 42.8 Å². The maximum atomic E-state index is 11.3. The zero-order chi connectivity index (χ0) is 13.2. The highest BCUT2D eigenvalue weighted by atomic mass is 35.5. The van der Waals surface area contributed by atoms with Crippen molar-refractivity contribution in [1.29, 1.82) is 0 Å². The summed E-state index contributed by atoms with van der Waals surface area (Å²) in [5.41, 5.74) is 0.957. The molecule has 18 heavy (non-hydrogen) atoms. The summed E-state index contributed by atoms with van der Waals surface area (Å²) >= 11 is 7.44. The number of rotatable bonds is 5. The lowest BCUT2D eigenvalue weighted by atomic mass is 10.1. The molecule has 1 aliphatic rings. The molecule has 4 nitrogen and oxygen atoms in total. The first-order valence-electron chi connectivity index (χ1n) is 5.74. The number of carbonyl (C=O) groups excluding carboxylic acids is 1. The lowest BCUT2D eigenvalue weighted by Gasteiger charge is -2.12. The minimum Gasteiger partial charge on any atom is -0.469 e. The number of aryl methyl sites for hydroxylation is 1. The third kappa shape index (κ3) is 3.59. The van der Waals surface area contributed by atoms with E-state index in [1.54, 1.807) is 11.8 Å². The van der Waals surface area contributed by atoms with E-state index in [-0.39, 0.29) is 16.7 Å². The summed E-state index contributed by atoms with van der Waals surface area (Å²) in [6.45, 7) is 1.89. The maximum Gasteiger partial charge on any atom is 0.306 e. The number of esters is 1. The van der Waals surface area contributed by atoms with Crippen LogP contribution < -0.4 is 0 Å². The van der Waals surface area contributed by atoms with Crippen molar-refractivity contribution in [3.8, 4) is 0 Å². The number of halogens is 1. The molecule has 1 fully saturated rings. The Morgan fingerprint density at radius 1 is 1.56 bits per heavy atom. The second kappa shape index (κ2) is 5.45. The van der Waals surface area contributed by atoms with Crippen LogP contribution in [0.3, 0.4) is 0 Å². The molecular formula is C12H15ClN2O2S. The molecule has 0 amide bonds. The number of methoxy groups -OCH3 is 1. The Bertz CT molecular complexity index is 443. The van der Waals surface area contributed by atoms with E-state index < -0.39 is 0 Å². The van der Waals surface area contributed by atoms with Crippen molar-refractivity contribution in [2.45, 2.75) is 31.2 Å². The van der Waals surface area contributed by atoms with Gasteiger partial charge < -0.3 is 4.74 Å². The molecule has 0 aliphatic heterocycles. The molecule has 0 atom stereocenters. The van der Waals surface area contributed by atoms with Crippen LogP contribution in [0.15, 0.2) is 11.1 Å². The molecule has 0 radical (unpaired) electrons. The number of ether oxygens (including phenoxy) is 1. The van der Waals surface area contributed by atoms with E-state index >= 15 is 0 Å². The van der Waals surface area contributed by atoms with Gasteiger partial charge in [-0.1, -0.05) is 0 Å². The van der Waals surface area contributed by atoms with Crippen molar-refractivity contribution >= 4 is 29.3 Å². The van der Waals surface area contributed by atoms with Gasteiger partial charge in [-0.3, -0.25) is 4.79 Å². The lowest BCUT2D eigenvalue weighted by Crippen LogP contribution is -2.13. The van der Waals surface area contributed by atoms with Crippen LogP contribution in [0.4, 0.5) is 0 Å². The van der Waals surface area contributed by atoms with Crippen LogP contribution in [0.1, 0.15) is 25.0 Å². The molecule has 1 aliphatic carbocycles. The van der Waals surface area contributed by atoms with E-state index in [0.29, 0.717) is 6.42 Å². The highest BCUT2D eigenvalue weighted by molar-refractivity contribution is 7.99. The summed E-state index contributed by atoms with van der Waals surface area (Å²) in [6, 6.07) is 1.91. The second-order valence-electron chi connectivity index (χ2n) is 4.66. The summed E-state index contributed by atoms with van der Waals surface area (Å²) < 4.78 is 4.72. The third-order valence-electron chi connectivity index (χ3n) is 3.03. The van der Waals surface area contributed by atoms with Crippen LogP contribution in [0.25, 0.3) is 0 Å². The topological polar surface area (TPSA) is 52.1 Å². The van der Waals surface area contributed by atoms with Crippen LogP contribution in [0.5, 0.6) is 0 Å². The highest BCUT2D eigenvalue weighted by Crippen LogP contribution is 2.52. The predicted octanol–water partition coefficient (Wildman–Crippen LogP) is 2.87. The fourth-order valence-electron chi connectivity index (χ4n) is 1.73. The van der Waals surface area contributed by atoms with Crippen molar-refractivity contribution in [2.75, 3.05) is 12.9 Å². The van der Waals surface area contributed by atoms with Crippen molar-refractivity contribution in [3.63, 3.8) is 0 Å². The average Bonchev–Trinajstić information content (AvgIpc) is 3.05. The minimum absolute atomic E-state index is 0.100. The zero-order valence-electron chi connectivity index (χ0n) is 10.4. The predicted molar refractivity (Wildman–Crippen MR) is 70.8 cm³/mol. The molecule has 0 bridgehead atoms. The molecule has 6 heteroatoms. The summed E-state index contributed by atoms with van der Waals surface area (Å²) in [4.78, 5) is 19.5. The number of hydrogen-bond acceptors (Lipinski definition) is 5. The maximum absolute atomic E-state index is 11.3. The SMILES string of the molecule is COC(=O)CC1(CSc2cc(C)nc(Cl)n2)CC1. The van der Waals surface area contributed by atoms with Gasteiger partial charge in [0.25, 0.3) is 0 Å². The van der Waals surface area contributed by atoms with Crippen molar-refractivity contribution < 1.29 is 9.53 Å². The summed E-state index contributed by atoms with van der Waals surface area (Å²) in [6.07, 6.45) is 2.65. The molecule has 1 heterocycles. The average molecular weight is 287 g/mol. The van der Waals surface area contributed by atoms with Gasteiger partial charge in [0, 0.05) is 11.4 Å². The quantitative estimate of drug-likeness (QED) is 0.360. The van der Waals surface area contributed by atoms with Gasteiger partial charge in [-0.2, -0.15) is 0 Å². The summed E-state index contributed by atoms with van der Waals surface area (Å²) in [5, 5.41) is 1.14. The molecule has 0 unspecified atom stereocenters. The van der Waals surface area contributed by atoms with Gasteiger partial charge in [-0.15, -0.1) is 11.8 Å². The number of carbonyl (C=O) groups is 1. The molecule has 0 spiro atoms. The monoisotopic (exact) mass is 286 g/mol. The molecule has 1 saturated carbocycles. The first kappa shape index (κ1) is 13.6. The summed E-state index contributed by atoms with van der Waals surface area (Å²) in [5.74, 6) is 0.736. The molecule has 2 rings (SSSR count). The molecule has 0 aromatic carbocycles. The number of aromatic nitrogens is 2. The lowest BCUT2D eigenvalue weighted by molar-refractivity contribution is -0.141. The number of thioether (sulfide) groups is 1. The molecule has 98 valence electrons. The standard InChI is InChI=1S/C12H15ClN2O2S/c1-8-5-9(15-11(13)14-8)18-7-12(3-4-12)6-10(16)17-2/h5H,3-4,6-7H2,1-2H3. The van der Waals surface area contributed by atoms with Gasteiger partial charge in [0.15, 0.2) is 0 Å². The first-order chi connectivity index (χ1) is 8.53. The number of hydrogen-bond donors (Lipinski definition) is 0. The van der Waals surface area contributed by atoms with Crippen LogP contribution in [0.2, 0.25) is 5.28 Å². The fraction of sp³-hybridized carbons (Fsp3) is 0.583. The highest BCUT2D eigenvalue weighted by Gasteiger charge is 2.44. The van der Waals surface area contributed by atoms with E-state index in [9.17, 15) is 4.79 Å². The van der Waals surface area contributed by atoms with E-state index in [4.69, 9.17) is 16.3 Å². The Morgan fingerprint density at radius 2 is 2.28 bits per heavy atom. The largest absolute Gasteiger partial charge is 0.469 e. The number of nitrogens with zero attached hydrogens (tertiary/aromatic N) is 2. The molecule has 1 aromatic rings. The van der Waals surface area contributed by atoms with Crippen molar-refractivity contribution in [1.82, 2.24) is 9.97 Å². The minimum atomic E-state index is -0.134. The van der Waals surface area contributed by atoms with Gasteiger partial charge in [0.05, 0.1) is 13.5 Å². The Kier molecular flexibility index (Phi) is 4.12. The Hall–Kier alpha value is -0.810. The second-order valence-corrected chi connectivity index (χ2v) is 5.99. The Labute approximate surface area is 115 Å². The molecule has 0 N–H and O–H groups in total. The van der Waals surface area contributed by atoms with Gasteiger partial charge in [-0.25, -0.2) is 9.97 Å². The molecular weight excluding hydrogens is 272 g/mol. The van der Waals surface area contributed by atoms with E-state index in [2.05, 4.69) is 9.97 Å². The first-order valence-corrected chi connectivity index (χ1v) is 7.10. The Morgan fingerprint density at radius 3 is 2.83 bits per heavy atom. The smallest absolute Gasteiger partial charge is 0.306 e. The molecule has 1 aromatic heterocycles. The van der Waals surface area contributed by atoms with Crippen LogP contribution in [0, 0.1) is 12.3 Å². The van der Waals surface area contributed by atoms with E-state index in [1.807, 2.05) is 13.0 Å². The van der Waals surface area contributed by atoms with Gasteiger partial charge >= 0.3 is 5.97 Å². The normalized spacial score (nSPS) is 16.4. The van der Waals surface area contributed by atoms with Crippen molar-refractivity contribution in [3.05, 3.63) is 17.0 Å².